The fourth-order valence-electron chi connectivity index (χ4n) is 3.81. The zero-order chi connectivity index (χ0) is 16.4. The average Bonchev–Trinajstić information content (AvgIpc) is 2.91. The van der Waals surface area contributed by atoms with E-state index < -0.39 is 0 Å². The number of para-hydroxylation sites is 1. The molecule has 0 bridgehead atoms. The maximum atomic E-state index is 13.2. The topological polar surface area (TPSA) is 42.4 Å². The lowest BCUT2D eigenvalue weighted by Gasteiger charge is -2.32. The number of rotatable bonds is 2. The van der Waals surface area contributed by atoms with Crippen LogP contribution in [0.3, 0.4) is 0 Å². The number of pyridine rings is 1. The Morgan fingerprint density at radius 1 is 1.08 bits per heavy atom. The molecule has 1 saturated heterocycles. The number of likely N-dealkylation sites (tertiary alicyclic amines) is 1. The molecule has 1 aromatic carbocycles. The van der Waals surface area contributed by atoms with Gasteiger partial charge in [0.1, 0.15) is 5.75 Å². The van der Waals surface area contributed by atoms with Crippen LogP contribution in [0.25, 0.3) is 0 Å². The van der Waals surface area contributed by atoms with Crippen molar-refractivity contribution in [3.63, 3.8) is 0 Å². The molecule has 1 amide bonds. The molecule has 4 heteroatoms. The maximum Gasteiger partial charge on any atom is 0.264 e. The fourth-order valence-corrected chi connectivity index (χ4v) is 3.81. The molecule has 1 fully saturated rings. The molecule has 0 radical (unpaired) electrons. The highest BCUT2D eigenvalue weighted by Crippen LogP contribution is 2.34. The molecule has 0 saturated carbocycles. The number of nitrogens with zero attached hydrogens (tertiary/aromatic N) is 2. The second-order valence-corrected chi connectivity index (χ2v) is 6.60. The monoisotopic (exact) mass is 322 g/mol. The summed E-state index contributed by atoms with van der Waals surface area (Å²) in [5.74, 6) is 0.973. The Morgan fingerprint density at radius 2 is 1.92 bits per heavy atom. The minimum atomic E-state index is -0.384. The lowest BCUT2D eigenvalue weighted by Crippen LogP contribution is -2.43. The van der Waals surface area contributed by atoms with Gasteiger partial charge in [0.2, 0.25) is 0 Å². The second kappa shape index (κ2) is 6.63. The molecule has 3 heterocycles. The lowest BCUT2D eigenvalue weighted by molar-refractivity contribution is -0.140. The molecule has 4 nitrogen and oxygen atoms in total. The van der Waals surface area contributed by atoms with E-state index in [1.54, 1.807) is 0 Å². The minimum absolute atomic E-state index is 0.120. The summed E-state index contributed by atoms with van der Waals surface area (Å²) in [7, 11) is 0. The molecule has 2 aromatic rings. The van der Waals surface area contributed by atoms with Crippen LogP contribution in [0.5, 0.6) is 5.75 Å². The van der Waals surface area contributed by atoms with E-state index in [9.17, 15) is 4.79 Å². The third-order valence-corrected chi connectivity index (χ3v) is 5.05. The Hall–Kier alpha value is -2.36. The van der Waals surface area contributed by atoms with Gasteiger partial charge in [0.25, 0.3) is 5.91 Å². The van der Waals surface area contributed by atoms with E-state index in [2.05, 4.69) is 4.98 Å². The highest BCUT2D eigenvalue weighted by Gasteiger charge is 2.36. The number of hydrogen-bond acceptors (Lipinski definition) is 3. The van der Waals surface area contributed by atoms with E-state index in [0.29, 0.717) is 6.42 Å². The molecule has 124 valence electrons. The van der Waals surface area contributed by atoms with E-state index in [1.807, 2.05) is 53.7 Å². The normalized spacial score (nSPS) is 23.2. The van der Waals surface area contributed by atoms with Crippen LogP contribution >= 0.6 is 0 Å². The van der Waals surface area contributed by atoms with Gasteiger partial charge >= 0.3 is 0 Å². The summed E-state index contributed by atoms with van der Waals surface area (Å²) in [6.07, 6.45) is 8.32. The van der Waals surface area contributed by atoms with Crippen LogP contribution in [0.4, 0.5) is 0 Å². The van der Waals surface area contributed by atoms with Gasteiger partial charge in [-0.15, -0.1) is 0 Å². The Kier molecular flexibility index (Phi) is 4.20. The summed E-state index contributed by atoms with van der Waals surface area (Å²) < 4.78 is 5.94. The van der Waals surface area contributed by atoms with Gasteiger partial charge in [-0.2, -0.15) is 0 Å². The SMILES string of the molecule is O=C(C1Cc2ccccc2O1)N1CCCCCC1c1ccncc1. The summed E-state index contributed by atoms with van der Waals surface area (Å²) >= 11 is 0. The Labute approximate surface area is 142 Å². The number of ether oxygens (including phenoxy) is 1. The summed E-state index contributed by atoms with van der Waals surface area (Å²) in [6.45, 7) is 0.808. The Balaban J connectivity index is 1.57. The highest BCUT2D eigenvalue weighted by molar-refractivity contribution is 5.83. The number of fused-ring (bicyclic) bond motifs is 1. The first-order valence-electron chi connectivity index (χ1n) is 8.78. The van der Waals surface area contributed by atoms with Crippen LogP contribution in [0.1, 0.15) is 42.9 Å². The molecular weight excluding hydrogens is 300 g/mol. The first-order valence-corrected chi connectivity index (χ1v) is 8.78. The first-order chi connectivity index (χ1) is 11.8. The van der Waals surface area contributed by atoms with Crippen LogP contribution in [0, 0.1) is 0 Å². The predicted molar refractivity (Wildman–Crippen MR) is 91.7 cm³/mol. The van der Waals surface area contributed by atoms with Gasteiger partial charge in [-0.05, 0) is 42.2 Å². The van der Waals surface area contributed by atoms with Crippen LogP contribution in [-0.4, -0.2) is 28.4 Å². The van der Waals surface area contributed by atoms with Gasteiger partial charge in [-0.25, -0.2) is 0 Å². The van der Waals surface area contributed by atoms with Crippen molar-refractivity contribution in [3.05, 3.63) is 59.9 Å². The summed E-state index contributed by atoms with van der Waals surface area (Å²) in [5, 5.41) is 0. The number of hydrogen-bond donors (Lipinski definition) is 0. The quantitative estimate of drug-likeness (QED) is 0.849. The van der Waals surface area contributed by atoms with Crippen molar-refractivity contribution in [3.8, 4) is 5.75 Å². The molecule has 24 heavy (non-hydrogen) atoms. The molecule has 0 spiro atoms. The van der Waals surface area contributed by atoms with Crippen molar-refractivity contribution in [2.45, 2.75) is 44.2 Å². The molecule has 0 aliphatic carbocycles. The van der Waals surface area contributed by atoms with Crippen molar-refractivity contribution in [1.29, 1.82) is 0 Å². The predicted octanol–water partition coefficient (Wildman–Crippen LogP) is 3.53. The van der Waals surface area contributed by atoms with Crippen molar-refractivity contribution in [1.82, 2.24) is 9.88 Å². The summed E-state index contributed by atoms with van der Waals surface area (Å²) in [6, 6.07) is 12.1. The standard InChI is InChI=1S/C20H22N2O2/c23-20(19-14-16-6-3-4-8-18(16)24-19)22-13-5-1-2-7-17(22)15-9-11-21-12-10-15/h3-4,6,8-12,17,19H,1-2,5,7,13-14H2. The fraction of sp³-hybridized carbons (Fsp3) is 0.400. The van der Waals surface area contributed by atoms with Crippen LogP contribution in [0.15, 0.2) is 48.8 Å². The highest BCUT2D eigenvalue weighted by atomic mass is 16.5. The van der Waals surface area contributed by atoms with Crippen molar-refractivity contribution < 1.29 is 9.53 Å². The maximum absolute atomic E-state index is 13.2. The number of aromatic nitrogens is 1. The summed E-state index contributed by atoms with van der Waals surface area (Å²) in [5.41, 5.74) is 2.31. The van der Waals surface area contributed by atoms with Gasteiger partial charge < -0.3 is 9.64 Å². The van der Waals surface area contributed by atoms with Crippen LogP contribution < -0.4 is 4.74 Å². The van der Waals surface area contributed by atoms with E-state index in [1.165, 1.54) is 12.0 Å². The van der Waals surface area contributed by atoms with E-state index >= 15 is 0 Å². The lowest BCUT2D eigenvalue weighted by atomic mass is 10.0. The van der Waals surface area contributed by atoms with Gasteiger partial charge in [0.15, 0.2) is 6.10 Å². The van der Waals surface area contributed by atoms with E-state index in [4.69, 9.17) is 4.74 Å². The summed E-state index contributed by atoms with van der Waals surface area (Å²) in [4.78, 5) is 19.3. The first kappa shape index (κ1) is 15.2. The zero-order valence-electron chi connectivity index (χ0n) is 13.7. The number of carbonyl (C=O) groups is 1. The van der Waals surface area contributed by atoms with Crippen molar-refractivity contribution >= 4 is 5.91 Å². The van der Waals surface area contributed by atoms with Gasteiger partial charge in [0, 0.05) is 25.4 Å². The molecule has 2 atom stereocenters. The van der Waals surface area contributed by atoms with E-state index in [0.717, 1.165) is 37.1 Å². The average molecular weight is 322 g/mol. The molecule has 4 rings (SSSR count). The molecule has 1 aromatic heterocycles. The molecular formula is C20H22N2O2. The van der Waals surface area contributed by atoms with E-state index in [-0.39, 0.29) is 18.1 Å². The number of amides is 1. The van der Waals surface area contributed by atoms with Crippen molar-refractivity contribution in [2.75, 3.05) is 6.54 Å². The Bertz CT molecular complexity index is 692. The third-order valence-electron chi connectivity index (χ3n) is 5.05. The molecule has 2 aliphatic rings. The van der Waals surface area contributed by atoms with Crippen molar-refractivity contribution in [2.24, 2.45) is 0 Å². The minimum Gasteiger partial charge on any atom is -0.480 e. The number of benzene rings is 1. The van der Waals surface area contributed by atoms with Crippen LogP contribution in [-0.2, 0) is 11.2 Å². The zero-order valence-corrected chi connectivity index (χ0v) is 13.7. The molecule has 2 aliphatic heterocycles. The largest absolute Gasteiger partial charge is 0.480 e. The number of carbonyl (C=O) groups excluding carboxylic acids is 1. The Morgan fingerprint density at radius 3 is 2.75 bits per heavy atom. The second-order valence-electron chi connectivity index (χ2n) is 6.60. The van der Waals surface area contributed by atoms with Gasteiger partial charge in [-0.3, -0.25) is 9.78 Å². The van der Waals surface area contributed by atoms with Gasteiger partial charge in [-0.1, -0.05) is 31.0 Å². The van der Waals surface area contributed by atoms with Crippen LogP contribution in [0.2, 0.25) is 0 Å². The molecule has 2 unspecified atom stereocenters. The smallest absolute Gasteiger partial charge is 0.264 e. The third kappa shape index (κ3) is 2.88. The van der Waals surface area contributed by atoms with Gasteiger partial charge in [0.05, 0.1) is 6.04 Å². The molecule has 0 N–H and O–H groups in total.